The van der Waals surface area contributed by atoms with Gasteiger partial charge in [0.05, 0.1) is 17.3 Å². The van der Waals surface area contributed by atoms with Crippen molar-refractivity contribution in [2.24, 2.45) is 0 Å². The van der Waals surface area contributed by atoms with Crippen molar-refractivity contribution >= 4 is 57.1 Å². The number of benzene rings is 3. The quantitative estimate of drug-likeness (QED) is 0.188. The second kappa shape index (κ2) is 12.5. The van der Waals surface area contributed by atoms with E-state index in [0.717, 1.165) is 14.9 Å². The van der Waals surface area contributed by atoms with Crippen LogP contribution in [0.15, 0.2) is 70.7 Å². The molecule has 1 N–H and O–H groups in total. The largest absolute Gasteiger partial charge is 0.490 e. The topological polar surface area (TPSA) is 94.2 Å². The molecular weight excluding hydrogens is 588 g/mol. The summed E-state index contributed by atoms with van der Waals surface area (Å²) < 4.78 is 17.8. The summed E-state index contributed by atoms with van der Waals surface area (Å²) in [4.78, 5) is 39.4. The zero-order chi connectivity index (χ0) is 27.9. The van der Waals surface area contributed by atoms with E-state index in [1.165, 1.54) is 12.1 Å². The number of carbonyl (C=O) groups excluding carboxylic acids is 3. The first kappa shape index (κ1) is 27.8. The van der Waals surface area contributed by atoms with Gasteiger partial charge in [-0.25, -0.2) is 9.69 Å². The average molecular weight is 610 g/mol. The normalized spacial score (nSPS) is 14.2. The van der Waals surface area contributed by atoms with Crippen LogP contribution in [0.1, 0.15) is 18.1 Å². The van der Waals surface area contributed by atoms with Crippen molar-refractivity contribution in [2.75, 3.05) is 18.1 Å². The molecule has 8 nitrogen and oxygen atoms in total. The van der Waals surface area contributed by atoms with Gasteiger partial charge in [0.1, 0.15) is 24.5 Å². The fourth-order valence-electron chi connectivity index (χ4n) is 3.69. The molecule has 0 aliphatic carbocycles. The molecule has 0 atom stereocenters. The summed E-state index contributed by atoms with van der Waals surface area (Å²) in [5, 5.41) is 2.38. The number of ether oxygens (including phenoxy) is 3. The Labute approximate surface area is 238 Å². The lowest BCUT2D eigenvalue weighted by molar-refractivity contribution is -0.122. The fraction of sp³-hybridized carbons (Fsp3) is 0.138. The second-order valence-electron chi connectivity index (χ2n) is 8.12. The molecule has 4 rings (SSSR count). The summed E-state index contributed by atoms with van der Waals surface area (Å²) in [6, 6.07) is 16.3. The maximum Gasteiger partial charge on any atom is 0.335 e. The average Bonchev–Trinajstić information content (AvgIpc) is 2.91. The van der Waals surface area contributed by atoms with Crippen molar-refractivity contribution in [1.82, 2.24) is 5.32 Å². The van der Waals surface area contributed by atoms with Gasteiger partial charge in [0, 0.05) is 4.47 Å². The predicted octanol–water partition coefficient (Wildman–Crippen LogP) is 5.76. The number of halogens is 2. The Morgan fingerprint density at radius 1 is 1.03 bits per heavy atom. The summed E-state index contributed by atoms with van der Waals surface area (Å²) in [5.41, 5.74) is 1.37. The number of imide groups is 2. The molecule has 0 spiro atoms. The number of rotatable bonds is 9. The van der Waals surface area contributed by atoms with Gasteiger partial charge in [0.25, 0.3) is 11.8 Å². The van der Waals surface area contributed by atoms with Gasteiger partial charge in [-0.15, -0.1) is 6.42 Å². The van der Waals surface area contributed by atoms with Crippen LogP contribution in [-0.2, 0) is 16.2 Å². The maximum absolute atomic E-state index is 13.3. The van der Waals surface area contributed by atoms with Gasteiger partial charge in [0.15, 0.2) is 11.5 Å². The number of urea groups is 1. The highest BCUT2D eigenvalue weighted by molar-refractivity contribution is 9.10. The molecule has 1 fully saturated rings. The Morgan fingerprint density at radius 2 is 1.74 bits per heavy atom. The van der Waals surface area contributed by atoms with Crippen LogP contribution in [0, 0.1) is 12.3 Å². The van der Waals surface area contributed by atoms with Crippen LogP contribution in [0.4, 0.5) is 10.5 Å². The molecule has 10 heteroatoms. The molecule has 1 heterocycles. The Hall–Kier alpha value is -4.26. The molecule has 1 aliphatic rings. The van der Waals surface area contributed by atoms with E-state index < -0.39 is 17.8 Å². The third-order valence-electron chi connectivity index (χ3n) is 5.46. The number of nitrogens with one attached hydrogen (secondary N) is 1. The minimum absolute atomic E-state index is 0.0216. The summed E-state index contributed by atoms with van der Waals surface area (Å²) in [6.45, 7) is 2.41. The highest BCUT2D eigenvalue weighted by Gasteiger charge is 2.37. The van der Waals surface area contributed by atoms with E-state index in [9.17, 15) is 14.4 Å². The maximum atomic E-state index is 13.3. The molecule has 0 aromatic heterocycles. The van der Waals surface area contributed by atoms with E-state index in [1.807, 2.05) is 24.3 Å². The van der Waals surface area contributed by atoms with Crippen LogP contribution >= 0.6 is 27.5 Å². The van der Waals surface area contributed by atoms with E-state index >= 15 is 0 Å². The monoisotopic (exact) mass is 608 g/mol. The van der Waals surface area contributed by atoms with E-state index in [0.29, 0.717) is 30.3 Å². The summed E-state index contributed by atoms with van der Waals surface area (Å²) >= 11 is 9.76. The number of amides is 4. The molecule has 0 radical (unpaired) electrons. The molecular formula is C29H22BrClN2O6. The van der Waals surface area contributed by atoms with Crippen molar-refractivity contribution in [3.63, 3.8) is 0 Å². The number of terminal acetylenes is 1. The highest BCUT2D eigenvalue weighted by Crippen LogP contribution is 2.37. The summed E-state index contributed by atoms with van der Waals surface area (Å²) in [6.07, 6.45) is 6.59. The van der Waals surface area contributed by atoms with E-state index in [-0.39, 0.29) is 28.6 Å². The lowest BCUT2D eigenvalue weighted by Crippen LogP contribution is -2.54. The van der Waals surface area contributed by atoms with E-state index in [2.05, 4.69) is 27.2 Å². The standard InChI is InChI=1S/C29H22BrClN2O6/c1-3-13-38-26-24(31)15-19(16-25(26)37-4-2)14-23-27(34)32-29(36)33(28(23)35)21-9-11-22(12-10-21)39-17-18-5-7-20(30)8-6-18/h1,5-12,14-16H,4,13,17H2,2H3,(H,32,34,36)/b23-14+. The van der Waals surface area contributed by atoms with Gasteiger partial charge in [0.2, 0.25) is 0 Å². The lowest BCUT2D eigenvalue weighted by Gasteiger charge is -2.26. The first-order chi connectivity index (χ1) is 18.8. The van der Waals surface area contributed by atoms with Gasteiger partial charge in [-0.3, -0.25) is 14.9 Å². The number of hydrogen-bond donors (Lipinski definition) is 1. The van der Waals surface area contributed by atoms with Crippen molar-refractivity contribution in [2.45, 2.75) is 13.5 Å². The van der Waals surface area contributed by atoms with Gasteiger partial charge in [-0.05, 0) is 72.7 Å². The zero-order valence-electron chi connectivity index (χ0n) is 20.7. The van der Waals surface area contributed by atoms with Crippen molar-refractivity contribution in [3.8, 4) is 29.6 Å². The first-order valence-corrected chi connectivity index (χ1v) is 12.9. The van der Waals surface area contributed by atoms with Crippen LogP contribution in [-0.4, -0.2) is 31.1 Å². The minimum Gasteiger partial charge on any atom is -0.490 e. The lowest BCUT2D eigenvalue weighted by atomic mass is 10.1. The van der Waals surface area contributed by atoms with Gasteiger partial charge in [-0.2, -0.15) is 0 Å². The van der Waals surface area contributed by atoms with Gasteiger partial charge in [-0.1, -0.05) is 45.6 Å². The van der Waals surface area contributed by atoms with E-state index in [4.69, 9.17) is 32.2 Å². The Kier molecular flexibility index (Phi) is 8.92. The van der Waals surface area contributed by atoms with Crippen LogP contribution < -0.4 is 24.4 Å². The second-order valence-corrected chi connectivity index (χ2v) is 9.45. The molecule has 0 saturated carbocycles. The van der Waals surface area contributed by atoms with E-state index in [1.54, 1.807) is 37.3 Å². The Bertz CT molecular complexity index is 1480. The highest BCUT2D eigenvalue weighted by atomic mass is 79.9. The molecule has 1 aliphatic heterocycles. The summed E-state index contributed by atoms with van der Waals surface area (Å²) in [7, 11) is 0. The molecule has 3 aromatic rings. The van der Waals surface area contributed by atoms with Crippen LogP contribution in [0.25, 0.3) is 6.08 Å². The third kappa shape index (κ3) is 6.60. The number of nitrogens with zero attached hydrogens (tertiary/aromatic N) is 1. The number of hydrogen-bond acceptors (Lipinski definition) is 6. The van der Waals surface area contributed by atoms with Crippen molar-refractivity contribution in [1.29, 1.82) is 0 Å². The zero-order valence-corrected chi connectivity index (χ0v) is 23.0. The SMILES string of the molecule is C#CCOc1c(Cl)cc(/C=C2\C(=O)NC(=O)N(c3ccc(OCc4ccc(Br)cc4)cc3)C2=O)cc1OCC. The summed E-state index contributed by atoms with van der Waals surface area (Å²) in [5.74, 6) is 1.81. The molecule has 0 unspecified atom stereocenters. The fourth-order valence-corrected chi connectivity index (χ4v) is 4.22. The Balaban J connectivity index is 1.56. The van der Waals surface area contributed by atoms with Crippen LogP contribution in [0.5, 0.6) is 17.2 Å². The molecule has 4 amide bonds. The Morgan fingerprint density at radius 3 is 2.41 bits per heavy atom. The molecule has 1 saturated heterocycles. The predicted molar refractivity (Wildman–Crippen MR) is 151 cm³/mol. The smallest absolute Gasteiger partial charge is 0.335 e. The van der Waals surface area contributed by atoms with Crippen LogP contribution in [0.2, 0.25) is 5.02 Å². The first-order valence-electron chi connectivity index (χ1n) is 11.7. The van der Waals surface area contributed by atoms with Crippen LogP contribution in [0.3, 0.4) is 0 Å². The van der Waals surface area contributed by atoms with Gasteiger partial charge >= 0.3 is 6.03 Å². The molecule has 39 heavy (non-hydrogen) atoms. The van der Waals surface area contributed by atoms with Crippen molar-refractivity contribution in [3.05, 3.63) is 86.9 Å². The number of anilines is 1. The number of carbonyl (C=O) groups is 3. The molecule has 198 valence electrons. The third-order valence-corrected chi connectivity index (χ3v) is 6.27. The van der Waals surface area contributed by atoms with Gasteiger partial charge < -0.3 is 14.2 Å². The number of barbiturate groups is 1. The minimum atomic E-state index is -0.864. The molecule has 0 bridgehead atoms. The molecule has 3 aromatic carbocycles. The van der Waals surface area contributed by atoms with Crippen molar-refractivity contribution < 1.29 is 28.6 Å².